The molecule has 0 spiro atoms. The van der Waals surface area contributed by atoms with E-state index in [0.29, 0.717) is 5.92 Å². The first-order valence-electron chi connectivity index (χ1n) is 9.32. The van der Waals surface area contributed by atoms with Crippen LogP contribution in [-0.2, 0) is 0 Å². The van der Waals surface area contributed by atoms with Crippen LogP contribution in [0.25, 0.3) is 0 Å². The SMILES string of the molecule is CCCCOc1ccc([C@H]2CC[C@H](c3cc(F)c(F)nc3F)CC2)cc1. The average molecular weight is 363 g/mol. The van der Waals surface area contributed by atoms with E-state index >= 15 is 0 Å². The molecule has 1 aromatic carbocycles. The van der Waals surface area contributed by atoms with Crippen LogP contribution in [0.4, 0.5) is 13.2 Å². The van der Waals surface area contributed by atoms with Gasteiger partial charge < -0.3 is 4.74 Å². The van der Waals surface area contributed by atoms with Crippen LogP contribution in [0.2, 0.25) is 0 Å². The quantitative estimate of drug-likeness (QED) is 0.456. The van der Waals surface area contributed by atoms with Crippen LogP contribution in [-0.4, -0.2) is 11.6 Å². The zero-order valence-electron chi connectivity index (χ0n) is 15.0. The minimum Gasteiger partial charge on any atom is -0.494 e. The molecule has 0 N–H and O–H groups in total. The summed E-state index contributed by atoms with van der Waals surface area (Å²) in [4.78, 5) is 3.04. The minimum absolute atomic E-state index is 0.106. The van der Waals surface area contributed by atoms with Crippen molar-refractivity contribution in [2.75, 3.05) is 6.61 Å². The first-order valence-corrected chi connectivity index (χ1v) is 9.32. The highest BCUT2D eigenvalue weighted by Crippen LogP contribution is 2.41. The van der Waals surface area contributed by atoms with Gasteiger partial charge in [-0.2, -0.15) is 13.8 Å². The molecule has 1 fully saturated rings. The zero-order chi connectivity index (χ0) is 18.5. The number of pyridine rings is 1. The first-order chi connectivity index (χ1) is 12.6. The standard InChI is InChI=1S/C21H24F3NO/c1-2-3-12-26-17-10-8-15(9-11-17)14-4-6-16(7-5-14)18-13-19(22)21(24)25-20(18)23/h8-11,13-14,16H,2-7,12H2,1H3/t14-,16-. The fourth-order valence-electron chi connectivity index (χ4n) is 3.65. The van der Waals surface area contributed by atoms with Crippen LogP contribution < -0.4 is 4.74 Å². The lowest BCUT2D eigenvalue weighted by molar-refractivity contribution is 0.309. The van der Waals surface area contributed by atoms with Crippen LogP contribution in [0.1, 0.15) is 68.4 Å². The van der Waals surface area contributed by atoms with Crippen molar-refractivity contribution in [3.05, 3.63) is 59.2 Å². The largest absolute Gasteiger partial charge is 0.494 e. The highest BCUT2D eigenvalue weighted by atomic mass is 19.2. The molecule has 3 rings (SSSR count). The molecule has 2 aromatic rings. The summed E-state index contributed by atoms with van der Waals surface area (Å²) in [5.74, 6) is -2.17. The molecule has 0 aliphatic heterocycles. The van der Waals surface area contributed by atoms with Gasteiger partial charge >= 0.3 is 0 Å². The van der Waals surface area contributed by atoms with Crippen molar-refractivity contribution in [2.45, 2.75) is 57.3 Å². The predicted octanol–water partition coefficient (Wildman–Crippen LogP) is 6.12. The number of rotatable bonds is 6. The number of nitrogens with zero attached hydrogens (tertiary/aromatic N) is 1. The van der Waals surface area contributed by atoms with Crippen molar-refractivity contribution in [3.63, 3.8) is 0 Å². The van der Waals surface area contributed by atoms with Crippen LogP contribution in [0.3, 0.4) is 0 Å². The second-order valence-electron chi connectivity index (χ2n) is 6.96. The number of hydrogen-bond donors (Lipinski definition) is 0. The average Bonchev–Trinajstić information content (AvgIpc) is 2.66. The summed E-state index contributed by atoms with van der Waals surface area (Å²) in [6.07, 6.45) is 5.40. The highest BCUT2D eigenvalue weighted by Gasteiger charge is 2.27. The molecule has 140 valence electrons. The maximum Gasteiger partial charge on any atom is 0.251 e. The van der Waals surface area contributed by atoms with Crippen LogP contribution in [0, 0.1) is 17.7 Å². The van der Waals surface area contributed by atoms with Crippen LogP contribution in [0.15, 0.2) is 30.3 Å². The van der Waals surface area contributed by atoms with E-state index < -0.39 is 17.7 Å². The van der Waals surface area contributed by atoms with Crippen molar-refractivity contribution in [3.8, 4) is 5.75 Å². The molecule has 0 saturated heterocycles. The number of benzene rings is 1. The lowest BCUT2D eigenvalue weighted by Crippen LogP contribution is -2.14. The molecule has 0 unspecified atom stereocenters. The molecule has 1 heterocycles. The second kappa shape index (κ2) is 8.56. The lowest BCUT2D eigenvalue weighted by atomic mass is 9.76. The fraction of sp³-hybridized carbons (Fsp3) is 0.476. The van der Waals surface area contributed by atoms with Gasteiger partial charge in [0.05, 0.1) is 6.61 Å². The smallest absolute Gasteiger partial charge is 0.251 e. The summed E-state index contributed by atoms with van der Waals surface area (Å²) < 4.78 is 46.0. The summed E-state index contributed by atoms with van der Waals surface area (Å²) in [7, 11) is 0. The number of aromatic nitrogens is 1. The molecular weight excluding hydrogens is 339 g/mol. The topological polar surface area (TPSA) is 22.1 Å². The van der Waals surface area contributed by atoms with E-state index in [1.807, 2.05) is 12.1 Å². The molecule has 2 nitrogen and oxygen atoms in total. The van der Waals surface area contributed by atoms with E-state index in [9.17, 15) is 13.2 Å². The molecule has 0 amide bonds. The Balaban J connectivity index is 1.59. The second-order valence-corrected chi connectivity index (χ2v) is 6.96. The van der Waals surface area contributed by atoms with Crippen molar-refractivity contribution in [1.29, 1.82) is 0 Å². The van der Waals surface area contributed by atoms with Gasteiger partial charge in [0.2, 0.25) is 5.95 Å². The molecule has 0 bridgehead atoms. The molecule has 1 aromatic heterocycles. The molecular formula is C21H24F3NO. The first kappa shape index (κ1) is 18.7. The number of unbranched alkanes of at least 4 members (excludes halogenated alkanes) is 1. The number of halogens is 3. The Morgan fingerprint density at radius 2 is 1.62 bits per heavy atom. The van der Waals surface area contributed by atoms with Gasteiger partial charge in [-0.05, 0) is 67.7 Å². The Morgan fingerprint density at radius 3 is 2.27 bits per heavy atom. The number of ether oxygens (including phenoxy) is 1. The summed E-state index contributed by atoms with van der Waals surface area (Å²) >= 11 is 0. The van der Waals surface area contributed by atoms with Crippen molar-refractivity contribution >= 4 is 0 Å². The van der Waals surface area contributed by atoms with Crippen LogP contribution >= 0.6 is 0 Å². The van der Waals surface area contributed by atoms with E-state index in [-0.39, 0.29) is 11.5 Å². The van der Waals surface area contributed by atoms with E-state index in [0.717, 1.165) is 56.9 Å². The van der Waals surface area contributed by atoms with Gasteiger partial charge in [0.1, 0.15) is 5.75 Å². The summed E-state index contributed by atoms with van der Waals surface area (Å²) in [5.41, 5.74) is 1.44. The Bertz CT molecular complexity index is 725. The van der Waals surface area contributed by atoms with E-state index in [1.165, 1.54) is 5.56 Å². The molecule has 1 aliphatic rings. The molecule has 0 atom stereocenters. The Labute approximate surface area is 152 Å². The summed E-state index contributed by atoms with van der Waals surface area (Å²) in [6.45, 7) is 2.86. The maximum atomic E-state index is 13.9. The third-order valence-corrected chi connectivity index (χ3v) is 5.20. The van der Waals surface area contributed by atoms with Crippen LogP contribution in [0.5, 0.6) is 5.75 Å². The number of hydrogen-bond acceptors (Lipinski definition) is 2. The van der Waals surface area contributed by atoms with E-state index in [2.05, 4.69) is 24.0 Å². The zero-order valence-corrected chi connectivity index (χ0v) is 15.0. The van der Waals surface area contributed by atoms with Crippen molar-refractivity contribution in [1.82, 2.24) is 4.98 Å². The lowest BCUT2D eigenvalue weighted by Gasteiger charge is -2.29. The van der Waals surface area contributed by atoms with Gasteiger partial charge in [0, 0.05) is 5.56 Å². The highest BCUT2D eigenvalue weighted by molar-refractivity contribution is 5.30. The van der Waals surface area contributed by atoms with Gasteiger partial charge in [0.15, 0.2) is 5.82 Å². The molecule has 26 heavy (non-hydrogen) atoms. The minimum atomic E-state index is -1.37. The van der Waals surface area contributed by atoms with Gasteiger partial charge in [0.25, 0.3) is 5.95 Å². The molecule has 5 heteroatoms. The molecule has 0 radical (unpaired) electrons. The van der Waals surface area contributed by atoms with Gasteiger partial charge in [-0.1, -0.05) is 25.5 Å². The normalized spacial score (nSPS) is 20.2. The van der Waals surface area contributed by atoms with Crippen molar-refractivity contribution in [2.24, 2.45) is 0 Å². The summed E-state index contributed by atoms with van der Waals surface area (Å²) in [6, 6.07) is 9.13. The molecule has 1 aliphatic carbocycles. The Kier molecular flexibility index (Phi) is 6.17. The monoisotopic (exact) mass is 363 g/mol. The molecule has 1 saturated carbocycles. The Hall–Kier alpha value is -2.04. The fourth-order valence-corrected chi connectivity index (χ4v) is 3.65. The van der Waals surface area contributed by atoms with Crippen molar-refractivity contribution < 1.29 is 17.9 Å². The Morgan fingerprint density at radius 1 is 0.962 bits per heavy atom. The summed E-state index contributed by atoms with van der Waals surface area (Å²) in [5, 5.41) is 0. The maximum absolute atomic E-state index is 13.9. The van der Waals surface area contributed by atoms with Gasteiger partial charge in [-0.25, -0.2) is 4.39 Å². The third kappa shape index (κ3) is 4.37. The van der Waals surface area contributed by atoms with E-state index in [1.54, 1.807) is 0 Å². The third-order valence-electron chi connectivity index (χ3n) is 5.20. The van der Waals surface area contributed by atoms with Gasteiger partial charge in [-0.15, -0.1) is 0 Å². The van der Waals surface area contributed by atoms with E-state index in [4.69, 9.17) is 4.74 Å². The van der Waals surface area contributed by atoms with Gasteiger partial charge in [-0.3, -0.25) is 0 Å². The predicted molar refractivity (Wildman–Crippen MR) is 94.9 cm³/mol.